The summed E-state index contributed by atoms with van der Waals surface area (Å²) in [6.45, 7) is 8.59. The molecule has 1 atom stereocenters. The Morgan fingerprint density at radius 2 is 2.00 bits per heavy atom. The zero-order chi connectivity index (χ0) is 8.97. The first-order chi connectivity index (χ1) is 5.72. The molecule has 0 aliphatic carbocycles. The maximum Gasteiger partial charge on any atom is 0.00692 e. The molecule has 12 heavy (non-hydrogen) atoms. The summed E-state index contributed by atoms with van der Waals surface area (Å²) in [5.74, 6) is 1.76. The van der Waals surface area contributed by atoms with Gasteiger partial charge in [0.1, 0.15) is 0 Å². The van der Waals surface area contributed by atoms with E-state index in [1.807, 2.05) is 0 Å². The predicted molar refractivity (Wildman–Crippen MR) is 57.8 cm³/mol. The summed E-state index contributed by atoms with van der Waals surface area (Å²) in [6.07, 6.45) is 2.80. The lowest BCUT2D eigenvalue weighted by Gasteiger charge is -2.31. The summed E-state index contributed by atoms with van der Waals surface area (Å²) in [4.78, 5) is 2.60. The molecule has 1 unspecified atom stereocenters. The number of halogens is 1. The van der Waals surface area contributed by atoms with Crippen LogP contribution in [0.15, 0.2) is 0 Å². The standard InChI is InChI=1S/C10H20BrN/c1-9-3-5-12(6-4-9)8-10(2)7-11/h9-10H,3-8H2,1-2H3. The first-order valence-corrected chi connectivity index (χ1v) is 6.13. The van der Waals surface area contributed by atoms with Gasteiger partial charge in [-0.25, -0.2) is 0 Å². The van der Waals surface area contributed by atoms with Gasteiger partial charge in [-0.3, -0.25) is 0 Å². The van der Waals surface area contributed by atoms with Crippen LogP contribution in [0, 0.1) is 11.8 Å². The van der Waals surface area contributed by atoms with Crippen molar-refractivity contribution >= 4 is 15.9 Å². The van der Waals surface area contributed by atoms with E-state index in [1.54, 1.807) is 0 Å². The molecule has 2 heteroatoms. The molecular weight excluding hydrogens is 214 g/mol. The number of hydrogen-bond acceptors (Lipinski definition) is 1. The van der Waals surface area contributed by atoms with Gasteiger partial charge in [-0.1, -0.05) is 29.8 Å². The minimum atomic E-state index is 0.804. The van der Waals surface area contributed by atoms with Crippen LogP contribution in [0.1, 0.15) is 26.7 Å². The van der Waals surface area contributed by atoms with E-state index in [4.69, 9.17) is 0 Å². The van der Waals surface area contributed by atoms with Crippen molar-refractivity contribution in [1.29, 1.82) is 0 Å². The molecular formula is C10H20BrN. The van der Waals surface area contributed by atoms with Crippen LogP contribution in [0.2, 0.25) is 0 Å². The monoisotopic (exact) mass is 233 g/mol. The van der Waals surface area contributed by atoms with E-state index in [0.717, 1.165) is 17.2 Å². The van der Waals surface area contributed by atoms with Gasteiger partial charge >= 0.3 is 0 Å². The van der Waals surface area contributed by atoms with Crippen LogP contribution in [0.4, 0.5) is 0 Å². The van der Waals surface area contributed by atoms with Crippen molar-refractivity contribution in [3.8, 4) is 0 Å². The lowest BCUT2D eigenvalue weighted by atomic mass is 9.98. The third-order valence-corrected chi connectivity index (χ3v) is 3.81. The van der Waals surface area contributed by atoms with E-state index >= 15 is 0 Å². The molecule has 0 aromatic carbocycles. The summed E-state index contributed by atoms with van der Waals surface area (Å²) in [6, 6.07) is 0. The Labute approximate surface area is 84.6 Å². The molecule has 0 N–H and O–H groups in total. The molecule has 1 rings (SSSR count). The van der Waals surface area contributed by atoms with Gasteiger partial charge in [0.25, 0.3) is 0 Å². The second-order valence-electron chi connectivity index (χ2n) is 4.24. The molecule has 0 spiro atoms. The zero-order valence-corrected chi connectivity index (χ0v) is 9.81. The normalized spacial score (nSPS) is 24.2. The Kier molecular flexibility index (Phi) is 4.59. The summed E-state index contributed by atoms with van der Waals surface area (Å²) in [7, 11) is 0. The van der Waals surface area contributed by atoms with Crippen molar-refractivity contribution in [3.63, 3.8) is 0 Å². The second kappa shape index (κ2) is 5.23. The molecule has 0 aromatic rings. The van der Waals surface area contributed by atoms with Crippen LogP contribution in [-0.2, 0) is 0 Å². The van der Waals surface area contributed by atoms with Crippen molar-refractivity contribution in [3.05, 3.63) is 0 Å². The topological polar surface area (TPSA) is 3.24 Å². The molecule has 0 saturated carbocycles. The first kappa shape index (κ1) is 10.5. The van der Waals surface area contributed by atoms with Crippen molar-refractivity contribution in [2.24, 2.45) is 11.8 Å². The van der Waals surface area contributed by atoms with Crippen LogP contribution in [0.25, 0.3) is 0 Å². The zero-order valence-electron chi connectivity index (χ0n) is 8.22. The van der Waals surface area contributed by atoms with Crippen LogP contribution in [-0.4, -0.2) is 29.9 Å². The molecule has 1 aliphatic rings. The quantitative estimate of drug-likeness (QED) is 0.679. The summed E-state index contributed by atoms with van der Waals surface area (Å²) in [5.41, 5.74) is 0. The van der Waals surface area contributed by atoms with Crippen LogP contribution in [0.5, 0.6) is 0 Å². The van der Waals surface area contributed by atoms with Gasteiger partial charge in [0.2, 0.25) is 0 Å². The number of piperidine rings is 1. The molecule has 0 amide bonds. The maximum atomic E-state index is 3.53. The molecule has 0 radical (unpaired) electrons. The number of hydrogen-bond donors (Lipinski definition) is 0. The fraction of sp³-hybridized carbons (Fsp3) is 1.00. The highest BCUT2D eigenvalue weighted by molar-refractivity contribution is 9.09. The first-order valence-electron chi connectivity index (χ1n) is 5.00. The molecule has 72 valence electrons. The summed E-state index contributed by atoms with van der Waals surface area (Å²) < 4.78 is 0. The second-order valence-corrected chi connectivity index (χ2v) is 4.89. The number of likely N-dealkylation sites (tertiary alicyclic amines) is 1. The molecule has 1 nitrogen and oxygen atoms in total. The van der Waals surface area contributed by atoms with Gasteiger partial charge in [-0.2, -0.15) is 0 Å². The van der Waals surface area contributed by atoms with Crippen molar-refractivity contribution in [2.45, 2.75) is 26.7 Å². The highest BCUT2D eigenvalue weighted by Gasteiger charge is 2.16. The Balaban J connectivity index is 2.17. The minimum absolute atomic E-state index is 0.804. The molecule has 1 saturated heterocycles. The van der Waals surface area contributed by atoms with E-state index in [9.17, 15) is 0 Å². The average Bonchev–Trinajstić information content (AvgIpc) is 2.09. The van der Waals surface area contributed by atoms with Gasteiger partial charge in [0, 0.05) is 11.9 Å². The molecule has 0 aromatic heterocycles. The predicted octanol–water partition coefficient (Wildman–Crippen LogP) is 2.75. The fourth-order valence-electron chi connectivity index (χ4n) is 1.73. The number of rotatable bonds is 3. The molecule has 0 bridgehead atoms. The SMILES string of the molecule is CC1CCN(CC(C)CBr)CC1. The summed E-state index contributed by atoms with van der Waals surface area (Å²) in [5, 5.41) is 1.14. The van der Waals surface area contributed by atoms with Gasteiger partial charge in [-0.15, -0.1) is 0 Å². The average molecular weight is 234 g/mol. The largest absolute Gasteiger partial charge is 0.303 e. The van der Waals surface area contributed by atoms with Crippen LogP contribution in [0.3, 0.4) is 0 Å². The van der Waals surface area contributed by atoms with E-state index in [-0.39, 0.29) is 0 Å². The minimum Gasteiger partial charge on any atom is -0.303 e. The van der Waals surface area contributed by atoms with Crippen LogP contribution >= 0.6 is 15.9 Å². The third-order valence-electron chi connectivity index (χ3n) is 2.71. The lowest BCUT2D eigenvalue weighted by Crippen LogP contribution is -2.36. The van der Waals surface area contributed by atoms with Gasteiger partial charge in [0.15, 0.2) is 0 Å². The highest BCUT2D eigenvalue weighted by Crippen LogP contribution is 2.17. The molecule has 1 aliphatic heterocycles. The van der Waals surface area contributed by atoms with Crippen LogP contribution < -0.4 is 0 Å². The van der Waals surface area contributed by atoms with Gasteiger partial charge < -0.3 is 4.90 Å². The Bertz CT molecular complexity index is 119. The van der Waals surface area contributed by atoms with E-state index < -0.39 is 0 Å². The highest BCUT2D eigenvalue weighted by atomic mass is 79.9. The number of nitrogens with zero attached hydrogens (tertiary/aromatic N) is 1. The van der Waals surface area contributed by atoms with E-state index in [1.165, 1.54) is 32.5 Å². The van der Waals surface area contributed by atoms with E-state index in [0.29, 0.717) is 0 Å². The molecule has 1 fully saturated rings. The van der Waals surface area contributed by atoms with Gasteiger partial charge in [-0.05, 0) is 37.8 Å². The van der Waals surface area contributed by atoms with Crippen molar-refractivity contribution in [1.82, 2.24) is 4.90 Å². The van der Waals surface area contributed by atoms with Gasteiger partial charge in [0.05, 0.1) is 0 Å². The number of alkyl halides is 1. The van der Waals surface area contributed by atoms with E-state index in [2.05, 4.69) is 34.7 Å². The Morgan fingerprint density at radius 1 is 1.42 bits per heavy atom. The Hall–Kier alpha value is 0.440. The van der Waals surface area contributed by atoms with Crippen molar-refractivity contribution < 1.29 is 0 Å². The van der Waals surface area contributed by atoms with Crippen molar-refractivity contribution in [2.75, 3.05) is 25.0 Å². The maximum absolute atomic E-state index is 3.53. The smallest absolute Gasteiger partial charge is 0.00692 e. The molecule has 1 heterocycles. The fourth-order valence-corrected chi connectivity index (χ4v) is 1.94. The third kappa shape index (κ3) is 3.44. The lowest BCUT2D eigenvalue weighted by molar-refractivity contribution is 0.176. The Morgan fingerprint density at radius 3 is 2.50 bits per heavy atom. The summed E-state index contributed by atoms with van der Waals surface area (Å²) >= 11 is 3.53.